The van der Waals surface area contributed by atoms with E-state index in [9.17, 15) is 9.59 Å². The van der Waals surface area contributed by atoms with Crippen LogP contribution in [0.3, 0.4) is 0 Å². The molecule has 2 aromatic carbocycles. The fourth-order valence-corrected chi connectivity index (χ4v) is 5.05. The Kier molecular flexibility index (Phi) is 4.86. The Hall–Kier alpha value is -3.39. The Balaban J connectivity index is 1.46. The minimum atomic E-state index is -0.691. The highest BCUT2D eigenvalue weighted by Gasteiger charge is 2.24. The number of hydrogen-bond acceptors (Lipinski definition) is 6. The van der Waals surface area contributed by atoms with Crippen LogP contribution in [0.2, 0.25) is 0 Å². The van der Waals surface area contributed by atoms with Crippen LogP contribution in [0.25, 0.3) is 20.2 Å². The van der Waals surface area contributed by atoms with Gasteiger partial charge in [0.15, 0.2) is 11.5 Å². The molecule has 31 heavy (non-hydrogen) atoms. The van der Waals surface area contributed by atoms with Crippen LogP contribution >= 0.6 is 11.3 Å². The number of benzene rings is 2. The summed E-state index contributed by atoms with van der Waals surface area (Å²) in [6.45, 7) is 4.29. The lowest BCUT2D eigenvalue weighted by atomic mass is 10.1. The van der Waals surface area contributed by atoms with Crippen LogP contribution in [-0.4, -0.2) is 22.5 Å². The van der Waals surface area contributed by atoms with Crippen LogP contribution in [0.4, 0.5) is 0 Å². The normalized spacial score (nSPS) is 13.6. The molecule has 8 heteroatoms. The van der Waals surface area contributed by atoms with Crippen molar-refractivity contribution in [3.05, 3.63) is 64.1 Å². The minimum Gasteiger partial charge on any atom is -0.454 e. The van der Waals surface area contributed by atoms with E-state index < -0.39 is 6.04 Å². The van der Waals surface area contributed by atoms with Gasteiger partial charge in [-0.3, -0.25) is 9.59 Å². The van der Waals surface area contributed by atoms with Crippen LogP contribution in [0.1, 0.15) is 30.6 Å². The van der Waals surface area contributed by atoms with Crippen molar-refractivity contribution in [3.63, 3.8) is 0 Å². The van der Waals surface area contributed by atoms with E-state index in [2.05, 4.69) is 10.4 Å². The molecule has 1 unspecified atom stereocenters. The zero-order valence-corrected chi connectivity index (χ0v) is 18.0. The summed E-state index contributed by atoms with van der Waals surface area (Å²) < 4.78 is 14.0. The zero-order chi connectivity index (χ0) is 21.5. The molecule has 0 saturated carbocycles. The molecule has 1 aliphatic heterocycles. The number of carbonyl (C=O) groups excluding carboxylic acids is 1. The van der Waals surface area contributed by atoms with Gasteiger partial charge < -0.3 is 14.8 Å². The molecule has 0 saturated heterocycles. The summed E-state index contributed by atoms with van der Waals surface area (Å²) in [7, 11) is 0. The van der Waals surface area contributed by atoms with Crippen molar-refractivity contribution >= 4 is 37.4 Å². The SMILES string of the molecule is CCC(C(=O)NCc1ccc2c(c1)OCO2)n1nc(C)c2sc3ccccc3c2c1=O. The van der Waals surface area contributed by atoms with E-state index in [1.807, 2.05) is 56.3 Å². The van der Waals surface area contributed by atoms with Gasteiger partial charge in [0.2, 0.25) is 12.7 Å². The van der Waals surface area contributed by atoms with Gasteiger partial charge in [-0.2, -0.15) is 5.10 Å². The summed E-state index contributed by atoms with van der Waals surface area (Å²) in [5.41, 5.74) is 1.41. The van der Waals surface area contributed by atoms with Gasteiger partial charge in [0.05, 0.1) is 15.8 Å². The molecule has 7 nitrogen and oxygen atoms in total. The second-order valence-electron chi connectivity index (χ2n) is 7.47. The second-order valence-corrected chi connectivity index (χ2v) is 8.52. The molecule has 1 amide bonds. The Labute approximate surface area is 182 Å². The molecular formula is C23H21N3O4S. The molecule has 0 fully saturated rings. The first-order valence-corrected chi connectivity index (χ1v) is 11.0. The van der Waals surface area contributed by atoms with Crippen molar-refractivity contribution < 1.29 is 14.3 Å². The van der Waals surface area contributed by atoms with Crippen molar-refractivity contribution in [1.82, 2.24) is 15.1 Å². The standard InChI is InChI=1S/C23H21N3O4S/c1-3-16(22(27)24-11-14-8-9-17-18(10-14)30-12-29-17)26-23(28)20-15-6-4-5-7-19(15)31-21(20)13(2)25-26/h4-10,16H,3,11-12H2,1-2H3,(H,24,27). The maximum Gasteiger partial charge on any atom is 0.276 e. The van der Waals surface area contributed by atoms with Crippen LogP contribution in [-0.2, 0) is 11.3 Å². The number of ether oxygens (including phenoxy) is 2. The fraction of sp³-hybridized carbons (Fsp3) is 0.261. The van der Waals surface area contributed by atoms with Crippen LogP contribution in [0.5, 0.6) is 11.5 Å². The molecule has 4 aromatic rings. The first-order valence-electron chi connectivity index (χ1n) is 10.1. The van der Waals surface area contributed by atoms with E-state index in [-0.39, 0.29) is 18.3 Å². The summed E-state index contributed by atoms with van der Waals surface area (Å²) in [5.74, 6) is 1.12. The number of hydrogen-bond donors (Lipinski definition) is 1. The summed E-state index contributed by atoms with van der Waals surface area (Å²) in [6, 6.07) is 12.7. The molecular weight excluding hydrogens is 414 g/mol. The van der Waals surface area contributed by atoms with Crippen molar-refractivity contribution in [1.29, 1.82) is 0 Å². The average Bonchev–Trinajstić information content (AvgIpc) is 3.40. The molecule has 0 aliphatic carbocycles. The topological polar surface area (TPSA) is 82.4 Å². The molecule has 1 N–H and O–H groups in total. The fourth-order valence-electron chi connectivity index (χ4n) is 3.92. The second kappa shape index (κ2) is 7.70. The van der Waals surface area contributed by atoms with Crippen molar-refractivity contribution in [2.75, 3.05) is 6.79 Å². The predicted molar refractivity (Wildman–Crippen MR) is 120 cm³/mol. The molecule has 3 heterocycles. The average molecular weight is 436 g/mol. The third kappa shape index (κ3) is 3.33. The number of amides is 1. The van der Waals surface area contributed by atoms with Gasteiger partial charge >= 0.3 is 0 Å². The quantitative estimate of drug-likeness (QED) is 0.514. The van der Waals surface area contributed by atoms with Gasteiger partial charge in [-0.05, 0) is 37.1 Å². The summed E-state index contributed by atoms with van der Waals surface area (Å²) in [6.07, 6.45) is 0.451. The first-order chi connectivity index (χ1) is 15.1. The lowest BCUT2D eigenvalue weighted by molar-refractivity contribution is -0.125. The Morgan fingerprint density at radius 1 is 1.23 bits per heavy atom. The molecule has 1 atom stereocenters. The van der Waals surface area contributed by atoms with Crippen molar-refractivity contribution in [2.45, 2.75) is 32.9 Å². The third-order valence-electron chi connectivity index (χ3n) is 5.49. The summed E-state index contributed by atoms with van der Waals surface area (Å²) >= 11 is 1.56. The molecule has 5 rings (SSSR count). The number of aromatic nitrogens is 2. The maximum atomic E-state index is 13.4. The van der Waals surface area contributed by atoms with E-state index >= 15 is 0 Å². The van der Waals surface area contributed by atoms with Gasteiger partial charge in [0.25, 0.3) is 5.56 Å². The smallest absolute Gasteiger partial charge is 0.276 e. The summed E-state index contributed by atoms with van der Waals surface area (Å²) in [4.78, 5) is 26.4. The highest BCUT2D eigenvalue weighted by atomic mass is 32.1. The van der Waals surface area contributed by atoms with Gasteiger partial charge in [-0.15, -0.1) is 11.3 Å². The van der Waals surface area contributed by atoms with Gasteiger partial charge in [0, 0.05) is 16.6 Å². The maximum absolute atomic E-state index is 13.4. The third-order valence-corrected chi connectivity index (χ3v) is 6.77. The Morgan fingerprint density at radius 3 is 2.87 bits per heavy atom. The lowest BCUT2D eigenvalue weighted by Gasteiger charge is -2.17. The Bertz CT molecular complexity index is 1370. The van der Waals surface area contributed by atoms with Crippen LogP contribution in [0, 0.1) is 6.92 Å². The lowest BCUT2D eigenvalue weighted by Crippen LogP contribution is -2.38. The van der Waals surface area contributed by atoms with E-state index in [0.29, 0.717) is 29.9 Å². The number of aryl methyl sites for hydroxylation is 1. The molecule has 158 valence electrons. The van der Waals surface area contributed by atoms with E-state index in [1.54, 1.807) is 11.3 Å². The van der Waals surface area contributed by atoms with Crippen molar-refractivity contribution in [3.8, 4) is 11.5 Å². The van der Waals surface area contributed by atoms with Gasteiger partial charge in [-0.1, -0.05) is 31.2 Å². The van der Waals surface area contributed by atoms with Gasteiger partial charge in [0.1, 0.15) is 6.04 Å². The minimum absolute atomic E-state index is 0.205. The molecule has 2 aromatic heterocycles. The summed E-state index contributed by atoms with van der Waals surface area (Å²) in [5, 5.41) is 8.98. The van der Waals surface area contributed by atoms with Crippen LogP contribution in [0.15, 0.2) is 47.3 Å². The van der Waals surface area contributed by atoms with Crippen molar-refractivity contribution in [2.24, 2.45) is 0 Å². The van der Waals surface area contributed by atoms with Gasteiger partial charge in [-0.25, -0.2) is 4.68 Å². The van der Waals surface area contributed by atoms with Crippen LogP contribution < -0.4 is 20.3 Å². The number of carbonyl (C=O) groups is 1. The largest absolute Gasteiger partial charge is 0.454 e. The monoisotopic (exact) mass is 435 g/mol. The van der Waals surface area contributed by atoms with E-state index in [4.69, 9.17) is 9.47 Å². The number of rotatable bonds is 5. The molecule has 1 aliphatic rings. The molecule has 0 radical (unpaired) electrons. The predicted octanol–water partition coefficient (Wildman–Crippen LogP) is 3.92. The highest BCUT2D eigenvalue weighted by molar-refractivity contribution is 7.26. The number of nitrogens with one attached hydrogen (secondary N) is 1. The van der Waals surface area contributed by atoms with E-state index in [0.717, 1.165) is 26.0 Å². The molecule has 0 spiro atoms. The number of thiophene rings is 1. The van der Waals surface area contributed by atoms with E-state index in [1.165, 1.54) is 4.68 Å². The zero-order valence-electron chi connectivity index (χ0n) is 17.2. The highest BCUT2D eigenvalue weighted by Crippen LogP contribution is 2.34. The molecule has 0 bridgehead atoms. The first kappa shape index (κ1) is 19.6. The number of fused-ring (bicyclic) bond motifs is 4. The number of nitrogens with zero attached hydrogens (tertiary/aromatic N) is 2. The Morgan fingerprint density at radius 2 is 2.03 bits per heavy atom.